The minimum absolute atomic E-state index is 0.0298. The fourth-order valence-corrected chi connectivity index (χ4v) is 13.6. The quantitative estimate of drug-likeness (QED) is 0.0341. The molecule has 2 aliphatic carbocycles. The van der Waals surface area contributed by atoms with E-state index in [9.17, 15) is 45.9 Å². The molecule has 17 rings (SSSR count). The van der Waals surface area contributed by atoms with Crippen molar-refractivity contribution in [2.75, 3.05) is 13.7 Å². The van der Waals surface area contributed by atoms with E-state index >= 15 is 0 Å². The molecule has 9 heterocycles. The first-order valence-corrected chi connectivity index (χ1v) is 37.7. The van der Waals surface area contributed by atoms with Crippen molar-refractivity contribution in [3.05, 3.63) is 282 Å². The average Bonchev–Trinajstić information content (AvgIpc) is 1.60. The number of halogens is 9. The van der Waals surface area contributed by atoms with E-state index in [1.54, 1.807) is 100 Å². The number of aromatic nitrogens is 13. The number of rotatable bonds is 19. The molecule has 33 heteroatoms. The fourth-order valence-electron chi connectivity index (χ4n) is 12.9. The zero-order valence-corrected chi connectivity index (χ0v) is 65.8. The summed E-state index contributed by atoms with van der Waals surface area (Å²) in [5.74, 6) is -2.85. The SMILES string of the molecule is CC(NC(=O)c1cc2c(F)c(Cl)ccc2[nH]1)c1cnn(C)c1.CC(NC(=O)c1cc2ccc(C(F)F)cc2[nH]1)c1cnn(C)c1.COCCn1cc(C(C)NC(=O)c2cc3cc(Cl)ccc3[nH]2)cn1.Cn1cc(C2(NC(=O)c3cc4c(F)c(Cl)ccc4[nH]3)CC2)cn1.O=C(NC1(c2ccccc2)CC1)c1cc2c(F)c(Cl)ccc2[nH]1. The zero-order chi connectivity index (χ0) is 81.7. The Hall–Kier alpha value is -12.0. The number of ether oxygens (including phenoxy) is 1. The van der Waals surface area contributed by atoms with Gasteiger partial charge in [-0.25, -0.2) is 22.0 Å². The third-order valence-electron chi connectivity index (χ3n) is 19.7. The number of H-pyrrole nitrogens is 5. The van der Waals surface area contributed by atoms with Gasteiger partial charge in [0.15, 0.2) is 17.5 Å². The van der Waals surface area contributed by atoms with Crippen LogP contribution in [0.15, 0.2) is 183 Å². The molecule has 0 spiro atoms. The first-order valence-electron chi connectivity index (χ1n) is 36.2. The number of alkyl halides is 2. The highest BCUT2D eigenvalue weighted by Gasteiger charge is 2.47. The number of benzene rings is 6. The number of hydrogen-bond acceptors (Lipinski definition) is 10. The van der Waals surface area contributed by atoms with E-state index in [0.29, 0.717) is 84.6 Å². The van der Waals surface area contributed by atoms with Crippen molar-refractivity contribution < 1.29 is 50.7 Å². The summed E-state index contributed by atoms with van der Waals surface area (Å²) in [6.07, 6.45) is 15.4. The lowest BCUT2D eigenvalue weighted by molar-refractivity contribution is 0.0918. The van der Waals surface area contributed by atoms with Crippen molar-refractivity contribution in [3.8, 4) is 0 Å². The first-order chi connectivity index (χ1) is 55.0. The monoisotopic (exact) mass is 1640 g/mol. The molecule has 0 saturated heterocycles. The van der Waals surface area contributed by atoms with Crippen LogP contribution in [0.1, 0.15) is 157 Å². The lowest BCUT2D eigenvalue weighted by Crippen LogP contribution is -2.35. The minimum Gasteiger partial charge on any atom is -0.383 e. The number of nitrogens with zero attached hydrogens (tertiary/aromatic N) is 8. The average molecular weight is 1650 g/mol. The summed E-state index contributed by atoms with van der Waals surface area (Å²) < 4.78 is 79.2. The van der Waals surface area contributed by atoms with Crippen molar-refractivity contribution >= 4 is 130 Å². The summed E-state index contributed by atoms with van der Waals surface area (Å²) in [6, 6.07) is 36.4. The highest BCUT2D eigenvalue weighted by Crippen LogP contribution is 2.47. The zero-order valence-electron chi connectivity index (χ0n) is 62.8. The van der Waals surface area contributed by atoms with Gasteiger partial charge in [0.25, 0.3) is 36.0 Å². The molecule has 0 radical (unpaired) electrons. The summed E-state index contributed by atoms with van der Waals surface area (Å²) >= 11 is 23.3. The second-order valence-corrected chi connectivity index (χ2v) is 29.8. The molecule has 5 amide bonds. The maximum absolute atomic E-state index is 14.0. The molecule has 24 nitrogen and oxygen atoms in total. The topological polar surface area (TPSA) is 305 Å². The van der Waals surface area contributed by atoms with E-state index < -0.39 is 23.9 Å². The van der Waals surface area contributed by atoms with Gasteiger partial charge < -0.3 is 56.2 Å². The van der Waals surface area contributed by atoms with Crippen LogP contribution >= 0.6 is 46.4 Å². The van der Waals surface area contributed by atoms with Gasteiger partial charge in [0.05, 0.1) is 82.2 Å². The molecule has 3 unspecified atom stereocenters. The summed E-state index contributed by atoms with van der Waals surface area (Å²) in [6.45, 7) is 6.91. The van der Waals surface area contributed by atoms with E-state index in [-0.39, 0.29) is 85.1 Å². The lowest BCUT2D eigenvalue weighted by Gasteiger charge is -2.17. The van der Waals surface area contributed by atoms with Crippen LogP contribution in [0.4, 0.5) is 22.0 Å². The Morgan fingerprint density at radius 3 is 1.30 bits per heavy atom. The number of methoxy groups -OCH3 is 1. The minimum atomic E-state index is -2.54. The molecular formula is C82H77Cl4F5N18O6. The molecule has 594 valence electrons. The largest absolute Gasteiger partial charge is 0.383 e. The number of nitrogens with one attached hydrogen (secondary N) is 10. The number of carbonyl (C=O) groups is 5. The standard InChI is InChI=1S/C18H14ClFN2O.C17H19ClN4O2.C16H14ClFN4O.C16H16F2N4O.C15H14ClFN4O/c19-13-6-7-14-12(16(13)20)10-15(21-14)17(23)22-18(8-9-18)11-4-2-1-3-5-11;1-11(13-9-19-22(10-13)5-6-24-2)20-17(23)16-8-12-7-14(18)3-4-15(12)21-16;1-22-8-9(7-19-22)16(4-5-16)21-15(23)13-6-10-12(20-13)3-2-11(17)14(10)18;1-9(12-7-19-22(2)8-12)20-16(23)14-5-10-3-4-11(15(17)18)6-13(10)21-14;1-8(9-6-18-21(2)7-9)19-15(22)13-5-10-12(20-13)4-3-11(16)14(10)17/h1-7,10,21H,8-9H2,(H,22,23);3-4,7-11,21H,5-6H2,1-2H3,(H,20,23);2-3,6-8,20H,4-5H2,1H3,(H,21,23);3-9,15,21H,1-2H3,(H,20,23);3-8,20H,1-2H3,(H,19,22). The Labute approximate surface area is 673 Å². The molecule has 2 saturated carbocycles. The van der Waals surface area contributed by atoms with Crippen molar-refractivity contribution in [2.24, 2.45) is 21.1 Å². The van der Waals surface area contributed by atoms with Crippen LogP contribution in [0.25, 0.3) is 54.5 Å². The van der Waals surface area contributed by atoms with Crippen LogP contribution in [0, 0.1) is 17.5 Å². The summed E-state index contributed by atoms with van der Waals surface area (Å²) in [5, 5.41) is 34.6. The Bertz CT molecular complexity index is 6090. The smallest absolute Gasteiger partial charge is 0.268 e. The fraction of sp³-hybridized carbons (Fsp3) is 0.232. The van der Waals surface area contributed by atoms with Gasteiger partial charge in [-0.1, -0.05) is 88.9 Å². The second kappa shape index (κ2) is 34.4. The summed E-state index contributed by atoms with van der Waals surface area (Å²) in [4.78, 5) is 76.9. The van der Waals surface area contributed by atoms with Crippen molar-refractivity contribution in [1.29, 1.82) is 0 Å². The van der Waals surface area contributed by atoms with Gasteiger partial charge >= 0.3 is 0 Å². The van der Waals surface area contributed by atoms with Gasteiger partial charge in [-0.3, -0.25) is 42.7 Å². The van der Waals surface area contributed by atoms with Gasteiger partial charge in [-0.05, 0) is 143 Å². The molecule has 6 aromatic carbocycles. The number of fused-ring (bicyclic) bond motifs is 5. The third-order valence-corrected chi connectivity index (χ3v) is 20.8. The Kier molecular flexibility index (Phi) is 24.2. The number of aromatic amines is 5. The molecular weight excluding hydrogens is 1570 g/mol. The third kappa shape index (κ3) is 18.8. The molecule has 0 aliphatic heterocycles. The normalized spacial score (nSPS) is 13.8. The van der Waals surface area contributed by atoms with Gasteiger partial charge in [0.1, 0.15) is 28.5 Å². The summed E-state index contributed by atoms with van der Waals surface area (Å²) in [7, 11) is 7.10. The summed E-state index contributed by atoms with van der Waals surface area (Å²) in [5.41, 5.74) is 8.87. The van der Waals surface area contributed by atoms with Gasteiger partial charge in [0, 0.05) is 140 Å². The van der Waals surface area contributed by atoms with E-state index in [0.717, 1.165) is 64.4 Å². The molecule has 0 bridgehead atoms. The van der Waals surface area contributed by atoms with E-state index in [1.165, 1.54) is 48.5 Å². The van der Waals surface area contributed by atoms with E-state index in [1.807, 2.05) is 102 Å². The Balaban J connectivity index is 0.000000125. The Morgan fingerprint density at radius 2 is 0.852 bits per heavy atom. The number of carbonyl (C=O) groups excluding carboxylic acids is 5. The molecule has 2 aliphatic rings. The maximum Gasteiger partial charge on any atom is 0.268 e. The van der Waals surface area contributed by atoms with Gasteiger partial charge in [-0.15, -0.1) is 0 Å². The second-order valence-electron chi connectivity index (χ2n) is 28.1. The van der Waals surface area contributed by atoms with Gasteiger partial charge in [0.2, 0.25) is 0 Å². The van der Waals surface area contributed by atoms with Gasteiger partial charge in [-0.2, -0.15) is 20.4 Å². The molecule has 10 N–H and O–H groups in total. The molecule has 15 aromatic rings. The van der Waals surface area contributed by atoms with Crippen molar-refractivity contribution in [3.63, 3.8) is 0 Å². The highest BCUT2D eigenvalue weighted by molar-refractivity contribution is 6.32. The first kappa shape index (κ1) is 81.0. The van der Waals surface area contributed by atoms with E-state index in [2.05, 4.69) is 71.9 Å². The predicted molar refractivity (Wildman–Crippen MR) is 431 cm³/mol. The maximum atomic E-state index is 14.0. The lowest BCUT2D eigenvalue weighted by atomic mass is 10.0. The number of aryl methyl sites for hydroxylation is 3. The Morgan fingerprint density at radius 1 is 0.443 bits per heavy atom. The number of amides is 5. The predicted octanol–water partition coefficient (Wildman–Crippen LogP) is 17.2. The van der Waals surface area contributed by atoms with Crippen LogP contribution in [0.3, 0.4) is 0 Å². The molecule has 115 heavy (non-hydrogen) atoms. The van der Waals surface area contributed by atoms with Crippen LogP contribution in [0.5, 0.6) is 0 Å². The van der Waals surface area contributed by atoms with E-state index in [4.69, 9.17) is 51.1 Å². The van der Waals surface area contributed by atoms with Crippen molar-refractivity contribution in [2.45, 2.75) is 88.6 Å². The number of hydrogen-bond donors (Lipinski definition) is 10. The van der Waals surface area contributed by atoms with Crippen LogP contribution in [-0.4, -0.2) is 107 Å². The van der Waals surface area contributed by atoms with Crippen LogP contribution in [0.2, 0.25) is 20.1 Å². The highest BCUT2D eigenvalue weighted by atomic mass is 35.5. The van der Waals surface area contributed by atoms with Crippen molar-refractivity contribution in [1.82, 2.24) is 90.6 Å². The molecule has 3 atom stereocenters. The van der Waals surface area contributed by atoms with Crippen LogP contribution < -0.4 is 26.6 Å². The molecule has 2 fully saturated rings. The van der Waals surface area contributed by atoms with Crippen LogP contribution in [-0.2, 0) is 43.5 Å². The molecule has 9 aromatic heterocycles.